The molecule has 3 aliphatic rings. The average Bonchev–Trinajstić information content (AvgIpc) is 3.57. The number of fused-ring (bicyclic) bond motifs is 1. The maximum Gasteiger partial charge on any atom is 0.387 e. The van der Waals surface area contributed by atoms with Gasteiger partial charge in [0.25, 0.3) is 6.47 Å². The standard InChI is InChI=1S/C38H40F3N11O4S.CH2O2/c1-49-32-16-25(2-4-29(32)35(48-49)52-15-10-33(53)47-38(52)54)24-6-11-50(12-7-24)22-23-18-42-34(43-19-23)30-17-28(3-5-31(30)39)57(55)51-13-8-26(9-14-51)46-37-44-20-27(21-45-37)56-36(40)41;2-1-3/h2-5,16-21,24,26,36H,6-15,22H2,1H3,(H,44,45,46)(H,47,53,54);1H,(H,2,3). The van der Waals surface area contributed by atoms with Gasteiger partial charge in [0, 0.05) is 69.0 Å². The molecule has 6 heterocycles. The van der Waals surface area contributed by atoms with Gasteiger partial charge in [0.2, 0.25) is 11.9 Å². The van der Waals surface area contributed by atoms with Gasteiger partial charge in [-0.25, -0.2) is 37.6 Å². The Labute approximate surface area is 344 Å². The van der Waals surface area contributed by atoms with Crippen LogP contribution in [-0.2, 0) is 34.2 Å². The lowest BCUT2D eigenvalue weighted by Gasteiger charge is -2.32. The van der Waals surface area contributed by atoms with Crippen LogP contribution in [0.2, 0.25) is 0 Å². The van der Waals surface area contributed by atoms with Gasteiger partial charge in [-0.15, -0.1) is 0 Å². The summed E-state index contributed by atoms with van der Waals surface area (Å²) >= 11 is 0. The van der Waals surface area contributed by atoms with Crippen LogP contribution in [0.1, 0.15) is 49.1 Å². The van der Waals surface area contributed by atoms with Crippen molar-refractivity contribution < 1.29 is 41.6 Å². The Hall–Kier alpha value is -6.06. The number of anilines is 2. The summed E-state index contributed by atoms with van der Waals surface area (Å²) < 4.78 is 61.3. The van der Waals surface area contributed by atoms with Crippen LogP contribution < -0.4 is 20.3 Å². The number of hydrogen-bond donors (Lipinski definition) is 3. The van der Waals surface area contributed by atoms with Gasteiger partial charge in [0.05, 0.1) is 28.4 Å². The molecule has 0 bridgehead atoms. The highest BCUT2D eigenvalue weighted by molar-refractivity contribution is 7.82. The minimum atomic E-state index is -2.95. The largest absolute Gasteiger partial charge is 0.483 e. The molecule has 17 nitrogen and oxygen atoms in total. The number of alkyl halides is 2. The SMILES string of the molecule is Cn1nc(N2CCC(=O)NC2=O)c2ccc(C3CCN(Cc4cnc(-c5cc(S(=O)N6CCC(Nc7ncc(OC(F)F)cn7)CC6)ccc5F)nc4)CC3)cc21.O=CO. The monoisotopic (exact) mass is 849 g/mol. The number of nitrogens with one attached hydrogen (secondary N) is 2. The summed E-state index contributed by atoms with van der Waals surface area (Å²) in [6.07, 6.45) is 9.20. The summed E-state index contributed by atoms with van der Waals surface area (Å²) in [6, 6.07) is 10.2. The average molecular weight is 850 g/mol. The lowest BCUT2D eigenvalue weighted by Crippen LogP contribution is -2.49. The van der Waals surface area contributed by atoms with Crippen LogP contribution in [-0.4, -0.2) is 112 Å². The first-order valence-corrected chi connectivity index (χ1v) is 20.3. The van der Waals surface area contributed by atoms with Gasteiger partial charge in [-0.3, -0.25) is 29.4 Å². The van der Waals surface area contributed by atoms with Crippen LogP contribution in [0.15, 0.2) is 66.1 Å². The molecule has 2 aromatic carbocycles. The number of piperidine rings is 2. The normalized spacial score (nSPS) is 17.6. The number of aryl methyl sites for hydroxylation is 1. The number of hydrogen-bond acceptors (Lipinski definition) is 12. The summed E-state index contributed by atoms with van der Waals surface area (Å²) in [4.78, 5) is 53.8. The number of nitrogens with zero attached hydrogens (tertiary/aromatic N) is 9. The smallest absolute Gasteiger partial charge is 0.387 e. The maximum absolute atomic E-state index is 15.1. The zero-order valence-electron chi connectivity index (χ0n) is 32.4. The lowest BCUT2D eigenvalue weighted by atomic mass is 9.89. The summed E-state index contributed by atoms with van der Waals surface area (Å²) in [5, 5.41) is 17.9. The molecule has 1 atom stereocenters. The first-order chi connectivity index (χ1) is 29.0. The number of benzene rings is 2. The van der Waals surface area contributed by atoms with Crippen molar-refractivity contribution in [2.24, 2.45) is 7.05 Å². The third-order valence-corrected chi connectivity index (χ3v) is 12.1. The predicted octanol–water partition coefficient (Wildman–Crippen LogP) is 4.69. The van der Waals surface area contributed by atoms with Gasteiger partial charge >= 0.3 is 12.6 Å². The topological polar surface area (TPSA) is 201 Å². The minimum absolute atomic E-state index is 0.00755. The number of amides is 3. The highest BCUT2D eigenvalue weighted by atomic mass is 32.2. The summed E-state index contributed by atoms with van der Waals surface area (Å²) in [5.74, 6) is 0.489. The fourth-order valence-corrected chi connectivity index (χ4v) is 8.81. The van der Waals surface area contributed by atoms with Gasteiger partial charge in [0.15, 0.2) is 17.4 Å². The first kappa shape index (κ1) is 42.1. The Morgan fingerprint density at radius 3 is 2.33 bits per heavy atom. The van der Waals surface area contributed by atoms with Crippen molar-refractivity contribution in [3.8, 4) is 17.1 Å². The van der Waals surface area contributed by atoms with Gasteiger partial charge in [-0.2, -0.15) is 13.9 Å². The van der Waals surface area contributed by atoms with E-state index in [2.05, 4.69) is 57.4 Å². The van der Waals surface area contributed by atoms with Gasteiger partial charge in [-0.1, -0.05) is 6.07 Å². The number of carboxylic acid groups (broad SMARTS) is 1. The summed E-state index contributed by atoms with van der Waals surface area (Å²) in [5.41, 5.74) is 3.23. The van der Waals surface area contributed by atoms with Crippen molar-refractivity contribution in [3.05, 3.63) is 78.1 Å². The molecule has 3 N–H and O–H groups in total. The number of urea groups is 1. The second-order valence-electron chi connectivity index (χ2n) is 14.4. The van der Waals surface area contributed by atoms with E-state index in [1.165, 1.54) is 35.0 Å². The molecule has 21 heteroatoms. The molecular formula is C39H42F3N11O6S. The fourth-order valence-electron chi connectivity index (χ4n) is 7.57. The third-order valence-electron chi connectivity index (χ3n) is 10.6. The van der Waals surface area contributed by atoms with E-state index in [1.807, 2.05) is 17.4 Å². The number of imide groups is 1. The molecule has 0 radical (unpaired) electrons. The van der Waals surface area contributed by atoms with E-state index in [4.69, 9.17) is 9.90 Å². The van der Waals surface area contributed by atoms with E-state index in [1.54, 1.807) is 23.1 Å². The Bertz CT molecular complexity index is 2340. The first-order valence-electron chi connectivity index (χ1n) is 19.2. The molecule has 60 heavy (non-hydrogen) atoms. The van der Waals surface area contributed by atoms with Crippen molar-refractivity contribution in [2.75, 3.05) is 42.9 Å². The Morgan fingerprint density at radius 2 is 1.67 bits per heavy atom. The predicted molar refractivity (Wildman–Crippen MR) is 213 cm³/mol. The zero-order valence-corrected chi connectivity index (χ0v) is 33.2. The van der Waals surface area contributed by atoms with Crippen molar-refractivity contribution in [1.82, 2.24) is 44.2 Å². The van der Waals surface area contributed by atoms with Crippen molar-refractivity contribution >= 4 is 52.1 Å². The zero-order chi connectivity index (χ0) is 42.3. The van der Waals surface area contributed by atoms with Crippen LogP contribution >= 0.6 is 0 Å². The van der Waals surface area contributed by atoms with Crippen LogP contribution in [0.4, 0.5) is 29.7 Å². The Kier molecular flexibility index (Phi) is 13.3. The summed E-state index contributed by atoms with van der Waals surface area (Å²) in [6.45, 7) is 0.484. The maximum atomic E-state index is 15.1. The number of carbonyl (C=O) groups is 3. The molecule has 0 saturated carbocycles. The van der Waals surface area contributed by atoms with Gasteiger partial charge in [0.1, 0.15) is 16.8 Å². The molecule has 3 amide bonds. The molecule has 0 spiro atoms. The fraction of sp³-hybridized carbons (Fsp3) is 0.385. The van der Waals surface area contributed by atoms with Gasteiger partial charge < -0.3 is 15.2 Å². The Balaban J connectivity index is 0.00000176. The number of carbonyl (C=O) groups excluding carboxylic acids is 2. The second-order valence-corrected chi connectivity index (χ2v) is 15.9. The molecule has 3 aromatic heterocycles. The second kappa shape index (κ2) is 18.9. The van der Waals surface area contributed by atoms with Crippen molar-refractivity contribution in [1.29, 1.82) is 0 Å². The third kappa shape index (κ3) is 9.86. The number of ether oxygens (including phenoxy) is 1. The highest BCUT2D eigenvalue weighted by Gasteiger charge is 2.29. The molecule has 0 aliphatic carbocycles. The molecule has 3 aliphatic heterocycles. The van der Waals surface area contributed by atoms with Crippen molar-refractivity contribution in [2.45, 2.75) is 62.1 Å². The molecule has 5 aromatic rings. The van der Waals surface area contributed by atoms with Crippen molar-refractivity contribution in [3.63, 3.8) is 0 Å². The molecule has 3 fully saturated rings. The van der Waals surface area contributed by atoms with E-state index < -0.39 is 29.4 Å². The number of halogens is 3. The van der Waals surface area contributed by atoms with E-state index in [0.717, 1.165) is 42.4 Å². The minimum Gasteiger partial charge on any atom is -0.483 e. The van der Waals surface area contributed by atoms with Crippen LogP contribution in [0.25, 0.3) is 22.3 Å². The number of rotatable bonds is 11. The van der Waals surface area contributed by atoms with Gasteiger partial charge in [-0.05, 0) is 80.6 Å². The van der Waals surface area contributed by atoms with Crippen LogP contribution in [0, 0.1) is 5.82 Å². The lowest BCUT2D eigenvalue weighted by molar-refractivity contribution is -0.123. The number of aromatic nitrogens is 6. The molecule has 3 saturated heterocycles. The summed E-state index contributed by atoms with van der Waals surface area (Å²) in [7, 11) is 0.315. The van der Waals surface area contributed by atoms with Crippen LogP contribution in [0.3, 0.4) is 0 Å². The molecular weight excluding hydrogens is 808 g/mol. The molecule has 316 valence electrons. The van der Waals surface area contributed by atoms with E-state index in [9.17, 15) is 22.6 Å². The molecule has 1 unspecified atom stereocenters. The van der Waals surface area contributed by atoms with Crippen LogP contribution in [0.5, 0.6) is 5.75 Å². The highest BCUT2D eigenvalue weighted by Crippen LogP contribution is 2.34. The quantitative estimate of drug-likeness (QED) is 0.155. The molecule has 8 rings (SSSR count). The number of likely N-dealkylation sites (tertiary alicyclic amines) is 1. The Morgan fingerprint density at radius 1 is 0.967 bits per heavy atom. The van der Waals surface area contributed by atoms with E-state index >= 15 is 4.39 Å². The van der Waals surface area contributed by atoms with E-state index in [0.29, 0.717) is 55.7 Å². The van der Waals surface area contributed by atoms with E-state index in [-0.39, 0.29) is 47.9 Å².